The number of amides is 2. The Labute approximate surface area is 171 Å². The molecule has 0 spiro atoms. The Kier molecular flexibility index (Phi) is 7.47. The molecule has 0 bridgehead atoms. The summed E-state index contributed by atoms with van der Waals surface area (Å²) >= 11 is 0. The van der Waals surface area contributed by atoms with Crippen LogP contribution in [-0.2, 0) is 11.3 Å². The first kappa shape index (κ1) is 21.1. The second kappa shape index (κ2) is 10.3. The van der Waals surface area contributed by atoms with Crippen molar-refractivity contribution >= 4 is 6.03 Å². The highest BCUT2D eigenvalue weighted by molar-refractivity contribution is 5.74. The van der Waals surface area contributed by atoms with Gasteiger partial charge in [-0.05, 0) is 62.1 Å². The van der Waals surface area contributed by atoms with Gasteiger partial charge in [-0.1, -0.05) is 24.3 Å². The van der Waals surface area contributed by atoms with Crippen molar-refractivity contribution in [2.24, 2.45) is 0 Å². The number of urea groups is 1. The molecular formula is C23H29FN2O3. The third kappa shape index (κ3) is 5.94. The summed E-state index contributed by atoms with van der Waals surface area (Å²) < 4.78 is 24.6. The fraction of sp³-hybridized carbons (Fsp3) is 0.435. The number of ether oxygens (including phenoxy) is 2. The zero-order chi connectivity index (χ0) is 20.6. The molecule has 2 atom stereocenters. The van der Waals surface area contributed by atoms with Crippen LogP contribution in [0.5, 0.6) is 5.75 Å². The smallest absolute Gasteiger partial charge is 0.318 e. The molecular weight excluding hydrogens is 371 g/mol. The van der Waals surface area contributed by atoms with Gasteiger partial charge >= 0.3 is 6.03 Å². The van der Waals surface area contributed by atoms with Crippen molar-refractivity contribution in [3.05, 3.63) is 65.5 Å². The number of nitrogens with one attached hydrogen (secondary N) is 1. The number of carbonyl (C=O) groups is 1. The number of benzene rings is 2. The van der Waals surface area contributed by atoms with Gasteiger partial charge in [0.25, 0.3) is 0 Å². The molecule has 0 radical (unpaired) electrons. The summed E-state index contributed by atoms with van der Waals surface area (Å²) in [6, 6.07) is 13.7. The van der Waals surface area contributed by atoms with Gasteiger partial charge in [-0.2, -0.15) is 0 Å². The first-order valence-corrected chi connectivity index (χ1v) is 10.2. The van der Waals surface area contributed by atoms with Crippen LogP contribution < -0.4 is 10.1 Å². The summed E-state index contributed by atoms with van der Waals surface area (Å²) in [6.45, 7) is 6.19. The highest BCUT2D eigenvalue weighted by Gasteiger charge is 2.20. The van der Waals surface area contributed by atoms with E-state index in [1.807, 2.05) is 38.1 Å². The maximum Gasteiger partial charge on any atom is 0.318 e. The monoisotopic (exact) mass is 400 g/mol. The van der Waals surface area contributed by atoms with Gasteiger partial charge in [0, 0.05) is 19.7 Å². The topological polar surface area (TPSA) is 50.8 Å². The predicted molar refractivity (Wildman–Crippen MR) is 110 cm³/mol. The fourth-order valence-corrected chi connectivity index (χ4v) is 3.50. The van der Waals surface area contributed by atoms with E-state index in [0.717, 1.165) is 36.3 Å². The Morgan fingerprint density at radius 1 is 1.31 bits per heavy atom. The van der Waals surface area contributed by atoms with Crippen LogP contribution in [-0.4, -0.2) is 36.8 Å². The molecule has 2 aromatic carbocycles. The summed E-state index contributed by atoms with van der Waals surface area (Å²) in [5.41, 5.74) is 1.86. The van der Waals surface area contributed by atoms with Crippen molar-refractivity contribution in [2.75, 3.05) is 19.8 Å². The lowest BCUT2D eigenvalue weighted by Gasteiger charge is -2.28. The normalized spacial score (nSPS) is 17.0. The third-order valence-electron chi connectivity index (χ3n) is 5.22. The van der Waals surface area contributed by atoms with Crippen LogP contribution in [0.25, 0.3) is 0 Å². The average Bonchev–Trinajstić information content (AvgIpc) is 3.26. The zero-order valence-electron chi connectivity index (χ0n) is 17.1. The summed E-state index contributed by atoms with van der Waals surface area (Å²) in [6.07, 6.45) is 2.29. The van der Waals surface area contributed by atoms with Crippen molar-refractivity contribution in [2.45, 2.75) is 45.4 Å². The van der Waals surface area contributed by atoms with Gasteiger partial charge < -0.3 is 19.7 Å². The molecule has 0 aromatic heterocycles. The summed E-state index contributed by atoms with van der Waals surface area (Å²) in [4.78, 5) is 14.4. The van der Waals surface area contributed by atoms with Crippen LogP contribution in [0.3, 0.4) is 0 Å². The molecule has 1 N–H and O–H groups in total. The SMILES string of the molecule is CCN(C(=O)NCc1cccc(OC[C@@H]2CCCO2)c1)[C@H](C)c1ccc(F)cc1. The molecule has 1 saturated heterocycles. The molecule has 6 heteroatoms. The lowest BCUT2D eigenvalue weighted by Crippen LogP contribution is -2.41. The van der Waals surface area contributed by atoms with E-state index in [4.69, 9.17) is 9.47 Å². The molecule has 1 aliphatic heterocycles. The van der Waals surface area contributed by atoms with Crippen LogP contribution in [0.1, 0.15) is 43.9 Å². The lowest BCUT2D eigenvalue weighted by molar-refractivity contribution is 0.0679. The molecule has 3 rings (SSSR count). The highest BCUT2D eigenvalue weighted by atomic mass is 19.1. The lowest BCUT2D eigenvalue weighted by atomic mass is 10.1. The molecule has 0 saturated carbocycles. The van der Waals surface area contributed by atoms with E-state index in [-0.39, 0.29) is 24.0 Å². The zero-order valence-corrected chi connectivity index (χ0v) is 17.1. The number of halogens is 1. The number of rotatable bonds is 8. The molecule has 2 aromatic rings. The summed E-state index contributed by atoms with van der Waals surface area (Å²) in [7, 11) is 0. The first-order chi connectivity index (χ1) is 14.1. The minimum Gasteiger partial charge on any atom is -0.491 e. The second-order valence-electron chi connectivity index (χ2n) is 7.27. The Bertz CT molecular complexity index is 791. The Balaban J connectivity index is 1.54. The van der Waals surface area contributed by atoms with E-state index >= 15 is 0 Å². The predicted octanol–water partition coefficient (Wildman–Crippen LogP) is 4.68. The molecule has 2 amide bonds. The number of hydrogen-bond acceptors (Lipinski definition) is 3. The highest BCUT2D eigenvalue weighted by Crippen LogP contribution is 2.21. The van der Waals surface area contributed by atoms with Crippen LogP contribution in [0.2, 0.25) is 0 Å². The maximum absolute atomic E-state index is 13.2. The van der Waals surface area contributed by atoms with Crippen molar-refractivity contribution in [3.63, 3.8) is 0 Å². The molecule has 5 nitrogen and oxygen atoms in total. The summed E-state index contributed by atoms with van der Waals surface area (Å²) in [5.74, 6) is 0.495. The Hall–Kier alpha value is -2.60. The molecule has 156 valence electrons. The molecule has 1 heterocycles. The molecule has 1 fully saturated rings. The van der Waals surface area contributed by atoms with Gasteiger partial charge in [0.05, 0.1) is 12.1 Å². The van der Waals surface area contributed by atoms with E-state index in [1.54, 1.807) is 17.0 Å². The molecule has 1 aliphatic rings. The number of hydrogen-bond donors (Lipinski definition) is 1. The first-order valence-electron chi connectivity index (χ1n) is 10.2. The molecule has 0 aliphatic carbocycles. The molecule has 0 unspecified atom stereocenters. The van der Waals surface area contributed by atoms with Crippen LogP contribution in [0.4, 0.5) is 9.18 Å². The minimum atomic E-state index is -0.282. The second-order valence-corrected chi connectivity index (χ2v) is 7.27. The van der Waals surface area contributed by atoms with Crippen LogP contribution in [0, 0.1) is 5.82 Å². The fourth-order valence-electron chi connectivity index (χ4n) is 3.50. The van der Waals surface area contributed by atoms with Crippen molar-refractivity contribution < 1.29 is 18.7 Å². The van der Waals surface area contributed by atoms with E-state index in [1.165, 1.54) is 12.1 Å². The molecule has 29 heavy (non-hydrogen) atoms. The van der Waals surface area contributed by atoms with Crippen LogP contribution >= 0.6 is 0 Å². The van der Waals surface area contributed by atoms with E-state index in [9.17, 15) is 9.18 Å². The largest absolute Gasteiger partial charge is 0.491 e. The van der Waals surface area contributed by atoms with E-state index < -0.39 is 0 Å². The third-order valence-corrected chi connectivity index (χ3v) is 5.22. The van der Waals surface area contributed by atoms with Gasteiger partial charge in [0.2, 0.25) is 0 Å². The minimum absolute atomic E-state index is 0.151. The Morgan fingerprint density at radius 2 is 2.10 bits per heavy atom. The van der Waals surface area contributed by atoms with Crippen molar-refractivity contribution in [1.82, 2.24) is 10.2 Å². The van der Waals surface area contributed by atoms with E-state index in [2.05, 4.69) is 5.32 Å². The number of nitrogens with zero attached hydrogens (tertiary/aromatic N) is 1. The van der Waals surface area contributed by atoms with Gasteiger partial charge in [-0.25, -0.2) is 9.18 Å². The Morgan fingerprint density at radius 3 is 2.79 bits per heavy atom. The standard InChI is InChI=1S/C23H29FN2O3/c1-3-26(17(2)19-9-11-20(24)12-10-19)23(27)25-15-18-6-4-7-21(14-18)29-16-22-8-5-13-28-22/h4,6-7,9-12,14,17,22H,3,5,8,13,15-16H2,1-2H3,(H,25,27)/t17-,22+/m1/s1. The van der Waals surface area contributed by atoms with Gasteiger partial charge in [-0.15, -0.1) is 0 Å². The van der Waals surface area contributed by atoms with Gasteiger partial charge in [-0.3, -0.25) is 0 Å². The number of carbonyl (C=O) groups excluding carboxylic acids is 1. The van der Waals surface area contributed by atoms with Crippen molar-refractivity contribution in [1.29, 1.82) is 0 Å². The van der Waals surface area contributed by atoms with Gasteiger partial charge in [0.15, 0.2) is 0 Å². The van der Waals surface area contributed by atoms with Crippen molar-refractivity contribution in [3.8, 4) is 5.75 Å². The quantitative estimate of drug-likeness (QED) is 0.700. The summed E-state index contributed by atoms with van der Waals surface area (Å²) in [5, 5.41) is 2.97. The van der Waals surface area contributed by atoms with Crippen LogP contribution in [0.15, 0.2) is 48.5 Å². The maximum atomic E-state index is 13.2. The average molecular weight is 400 g/mol. The van der Waals surface area contributed by atoms with E-state index in [0.29, 0.717) is 19.7 Å². The van der Waals surface area contributed by atoms with Gasteiger partial charge in [0.1, 0.15) is 18.2 Å².